The SMILES string of the molecule is S=P(c1ccccc1)(c1ccccc1)c1cccc[c]1[Hg][c]1ccccc1P(=S)(c1ccccc1)c1ccccc1. The Morgan fingerprint density at radius 1 is 0.317 bits per heavy atom. The topological polar surface area (TPSA) is 0 Å². The normalized spacial score (nSPS) is 11.5. The first-order chi connectivity index (χ1) is 20.1. The first-order valence-electron chi connectivity index (χ1n) is 13.7. The van der Waals surface area contributed by atoms with Gasteiger partial charge in [0.1, 0.15) is 0 Å². The fraction of sp³-hybridized carbons (Fsp3) is 0. The minimum atomic E-state index is -2.25. The van der Waals surface area contributed by atoms with Gasteiger partial charge in [-0.1, -0.05) is 0 Å². The van der Waals surface area contributed by atoms with Crippen LogP contribution in [-0.2, 0) is 48.2 Å². The van der Waals surface area contributed by atoms with E-state index in [0.717, 1.165) is 0 Å². The van der Waals surface area contributed by atoms with Gasteiger partial charge < -0.3 is 0 Å². The van der Waals surface area contributed by atoms with Crippen molar-refractivity contribution >= 4 is 73.7 Å². The second-order valence-corrected chi connectivity index (χ2v) is 26.0. The zero-order chi connectivity index (χ0) is 28.1. The Kier molecular flexibility index (Phi) is 8.97. The molecule has 0 spiro atoms. The third-order valence-corrected chi connectivity index (χ3v) is 27.6. The van der Waals surface area contributed by atoms with E-state index in [-0.39, 0.29) is 0 Å². The van der Waals surface area contributed by atoms with Crippen molar-refractivity contribution in [2.24, 2.45) is 0 Å². The molecule has 196 valence electrons. The Balaban J connectivity index is 1.54. The van der Waals surface area contributed by atoms with Crippen LogP contribution in [0.25, 0.3) is 0 Å². The summed E-state index contributed by atoms with van der Waals surface area (Å²) in [7, 11) is 0. The van der Waals surface area contributed by atoms with Gasteiger partial charge in [0.2, 0.25) is 0 Å². The van der Waals surface area contributed by atoms with E-state index in [0.29, 0.717) is 0 Å². The van der Waals surface area contributed by atoms with Crippen molar-refractivity contribution < 1.29 is 24.6 Å². The third kappa shape index (κ3) is 5.66. The molecule has 0 saturated heterocycles. The average molecular weight is 787 g/mol. The third-order valence-electron chi connectivity index (χ3n) is 7.52. The Hall–Kier alpha value is -2.44. The number of benzene rings is 6. The van der Waals surface area contributed by atoms with Gasteiger partial charge in [0, 0.05) is 0 Å². The molecule has 5 heteroatoms. The predicted molar refractivity (Wildman–Crippen MR) is 184 cm³/mol. The molecule has 0 atom stereocenters. The molecule has 0 radical (unpaired) electrons. The molecule has 6 aromatic carbocycles. The van der Waals surface area contributed by atoms with Crippen molar-refractivity contribution in [3.8, 4) is 0 Å². The molecule has 0 saturated carbocycles. The van der Waals surface area contributed by atoms with Crippen molar-refractivity contribution in [2.75, 3.05) is 0 Å². The summed E-state index contributed by atoms with van der Waals surface area (Å²) in [5.74, 6) is 0. The summed E-state index contributed by atoms with van der Waals surface area (Å²) in [5.41, 5.74) is 0. The van der Waals surface area contributed by atoms with Crippen LogP contribution in [0.3, 0.4) is 0 Å². The van der Waals surface area contributed by atoms with Gasteiger partial charge in [-0.2, -0.15) is 0 Å². The van der Waals surface area contributed by atoms with Gasteiger partial charge >= 0.3 is 268 Å². The standard InChI is InChI=1S/2C18H14PS.Hg/c2*20-19(16-10-4-1-5-11-16,17-12-6-2-7-13-17)18-14-8-3-9-15-18;/h2*1-14H;. The van der Waals surface area contributed by atoms with Gasteiger partial charge in [0.05, 0.1) is 0 Å². The summed E-state index contributed by atoms with van der Waals surface area (Å²) in [5, 5.41) is 7.67. The first kappa shape index (κ1) is 28.7. The Morgan fingerprint density at radius 2 is 0.561 bits per heavy atom. The number of rotatable bonds is 8. The fourth-order valence-corrected chi connectivity index (χ4v) is 29.2. The number of hydrogen-bond donors (Lipinski definition) is 0. The molecule has 0 aliphatic rings. The summed E-state index contributed by atoms with van der Waals surface area (Å²) in [4.78, 5) is 0. The van der Waals surface area contributed by atoms with Crippen LogP contribution in [0, 0.1) is 0 Å². The molecule has 0 N–H and O–H groups in total. The summed E-state index contributed by atoms with van der Waals surface area (Å²) >= 11 is 11.6. The quantitative estimate of drug-likeness (QED) is 0.153. The minimum absolute atomic E-state index is 1.24. The van der Waals surface area contributed by atoms with Crippen LogP contribution in [0.1, 0.15) is 0 Å². The van der Waals surface area contributed by atoms with Crippen LogP contribution in [0.15, 0.2) is 170 Å². The predicted octanol–water partition coefficient (Wildman–Crippen LogP) is 5.23. The van der Waals surface area contributed by atoms with Gasteiger partial charge in [0.25, 0.3) is 0 Å². The Bertz CT molecular complexity index is 1630. The van der Waals surface area contributed by atoms with E-state index in [4.69, 9.17) is 23.6 Å². The molecule has 0 unspecified atom stereocenters. The Labute approximate surface area is 266 Å². The van der Waals surface area contributed by atoms with Gasteiger partial charge in [-0.25, -0.2) is 0 Å². The van der Waals surface area contributed by atoms with E-state index in [1.165, 1.54) is 38.0 Å². The van der Waals surface area contributed by atoms with Crippen LogP contribution >= 0.6 is 12.1 Å². The molecular weight excluding hydrogens is 759 g/mol. The monoisotopic (exact) mass is 788 g/mol. The molecule has 0 heterocycles. The van der Waals surface area contributed by atoms with E-state index in [9.17, 15) is 0 Å². The van der Waals surface area contributed by atoms with Crippen LogP contribution in [0.2, 0.25) is 0 Å². The van der Waals surface area contributed by atoms with Crippen LogP contribution in [0.4, 0.5) is 0 Å². The van der Waals surface area contributed by atoms with Crippen molar-refractivity contribution in [3.63, 3.8) is 0 Å². The molecule has 0 aliphatic carbocycles. The Morgan fingerprint density at radius 3 is 0.854 bits per heavy atom. The second kappa shape index (κ2) is 12.8. The van der Waals surface area contributed by atoms with Crippen molar-refractivity contribution in [1.82, 2.24) is 0 Å². The summed E-state index contributed by atoms with van der Waals surface area (Å²) < 4.78 is 2.97. The summed E-state index contributed by atoms with van der Waals surface area (Å²) in [6, 6.07) is 56.6. The molecule has 0 aliphatic heterocycles. The molecule has 6 aromatic rings. The van der Waals surface area contributed by atoms with Gasteiger partial charge in [-0.15, -0.1) is 0 Å². The van der Waals surface area contributed by atoms with E-state index in [2.05, 4.69) is 170 Å². The zero-order valence-electron chi connectivity index (χ0n) is 22.6. The van der Waals surface area contributed by atoms with Gasteiger partial charge in [0.15, 0.2) is 0 Å². The average Bonchev–Trinajstić information content (AvgIpc) is 3.06. The maximum absolute atomic E-state index is 6.80. The summed E-state index contributed by atoms with van der Waals surface area (Å²) in [6.07, 6.45) is 0. The maximum atomic E-state index is 6.80. The van der Waals surface area contributed by atoms with Crippen molar-refractivity contribution in [1.29, 1.82) is 0 Å². The molecule has 0 fully saturated rings. The zero-order valence-corrected chi connectivity index (χ0v) is 31.5. The van der Waals surface area contributed by atoms with E-state index in [1.807, 2.05) is 0 Å². The molecule has 41 heavy (non-hydrogen) atoms. The molecule has 0 aromatic heterocycles. The van der Waals surface area contributed by atoms with Crippen LogP contribution in [-0.4, -0.2) is 0 Å². The van der Waals surface area contributed by atoms with Crippen LogP contribution < -0.4 is 38.0 Å². The van der Waals surface area contributed by atoms with Crippen molar-refractivity contribution in [3.05, 3.63) is 170 Å². The first-order valence-corrected chi connectivity index (χ1v) is 24.8. The second-order valence-electron chi connectivity index (χ2n) is 9.99. The van der Waals surface area contributed by atoms with Gasteiger partial charge in [-0.05, 0) is 0 Å². The molecule has 0 amide bonds. The van der Waals surface area contributed by atoms with Gasteiger partial charge in [-0.3, -0.25) is 0 Å². The fourth-order valence-electron chi connectivity index (χ4n) is 5.55. The summed E-state index contributed by atoms with van der Waals surface area (Å²) in [6.45, 7) is 0. The molecule has 6 rings (SSSR count). The van der Waals surface area contributed by atoms with E-state index in [1.54, 1.807) is 0 Å². The molecule has 0 bridgehead atoms. The number of hydrogen-bond acceptors (Lipinski definition) is 2. The van der Waals surface area contributed by atoms with Crippen LogP contribution in [0.5, 0.6) is 0 Å². The molecule has 0 nitrogen and oxygen atoms in total. The van der Waals surface area contributed by atoms with E-state index < -0.39 is 36.6 Å². The molecular formula is C36H28HgP2S2. The van der Waals surface area contributed by atoms with E-state index >= 15 is 0 Å². The van der Waals surface area contributed by atoms with Crippen molar-refractivity contribution in [2.45, 2.75) is 0 Å².